The summed E-state index contributed by atoms with van der Waals surface area (Å²) in [6.07, 6.45) is 6.94. The Hall–Kier alpha value is -1.46. The minimum Gasteiger partial charge on any atom is -0.444 e. The van der Waals surface area contributed by atoms with Crippen molar-refractivity contribution < 1.29 is 9.53 Å². The molecule has 1 unspecified atom stereocenters. The first-order valence-corrected chi connectivity index (χ1v) is 9.16. The van der Waals surface area contributed by atoms with Crippen LogP contribution in [0.4, 0.5) is 4.79 Å². The molecule has 1 saturated carbocycles. The molecule has 0 spiro atoms. The van der Waals surface area contributed by atoms with E-state index in [0.29, 0.717) is 6.04 Å². The molecule has 6 nitrogen and oxygen atoms in total. The zero-order chi connectivity index (χ0) is 18.2. The van der Waals surface area contributed by atoms with Gasteiger partial charge in [-0.05, 0) is 47.0 Å². The number of guanidine groups is 1. The van der Waals surface area contributed by atoms with Gasteiger partial charge in [-0.1, -0.05) is 19.3 Å². The highest BCUT2D eigenvalue weighted by atomic mass is 16.6. The maximum absolute atomic E-state index is 12.1. The molecule has 1 rings (SSSR count). The second kappa shape index (κ2) is 9.74. The van der Waals surface area contributed by atoms with Gasteiger partial charge in [-0.25, -0.2) is 4.79 Å². The lowest BCUT2D eigenvalue weighted by Crippen LogP contribution is -2.46. The number of nitrogens with one attached hydrogen (secondary N) is 2. The Balaban J connectivity index is 2.32. The number of hydrogen-bond donors (Lipinski definition) is 2. The van der Waals surface area contributed by atoms with Gasteiger partial charge < -0.3 is 20.3 Å². The number of carbonyl (C=O) groups is 1. The van der Waals surface area contributed by atoms with E-state index in [-0.39, 0.29) is 12.1 Å². The third kappa shape index (κ3) is 7.88. The van der Waals surface area contributed by atoms with Gasteiger partial charge in [-0.15, -0.1) is 0 Å². The fourth-order valence-corrected chi connectivity index (χ4v) is 2.74. The lowest BCUT2D eigenvalue weighted by atomic mass is 9.96. The summed E-state index contributed by atoms with van der Waals surface area (Å²) in [5.41, 5.74) is -0.463. The Morgan fingerprint density at radius 3 is 2.46 bits per heavy atom. The van der Waals surface area contributed by atoms with Gasteiger partial charge in [0.05, 0.1) is 0 Å². The van der Waals surface area contributed by atoms with E-state index in [1.54, 1.807) is 19.0 Å². The molecule has 0 bridgehead atoms. The number of ether oxygens (including phenoxy) is 1. The number of amides is 1. The highest BCUT2D eigenvalue weighted by Crippen LogP contribution is 2.17. The van der Waals surface area contributed by atoms with Crippen molar-refractivity contribution in [1.29, 1.82) is 0 Å². The normalized spacial score (nSPS) is 18.0. The van der Waals surface area contributed by atoms with Crippen molar-refractivity contribution in [2.24, 2.45) is 4.99 Å². The van der Waals surface area contributed by atoms with Crippen LogP contribution < -0.4 is 10.6 Å². The third-order valence-corrected chi connectivity index (χ3v) is 4.37. The van der Waals surface area contributed by atoms with E-state index in [4.69, 9.17) is 4.74 Å². The Labute approximate surface area is 147 Å². The van der Waals surface area contributed by atoms with Crippen LogP contribution in [-0.4, -0.2) is 55.3 Å². The number of carbonyl (C=O) groups excluding carboxylic acids is 1. The molecule has 6 heteroatoms. The SMILES string of the molecule is CN=C(NCCC(C)N(C)C(=O)OC(C)(C)C)NC1CCCCC1. The van der Waals surface area contributed by atoms with E-state index >= 15 is 0 Å². The smallest absolute Gasteiger partial charge is 0.410 e. The second-order valence-electron chi connectivity index (χ2n) is 7.71. The number of nitrogens with zero attached hydrogens (tertiary/aromatic N) is 2. The first-order valence-electron chi connectivity index (χ1n) is 9.16. The van der Waals surface area contributed by atoms with Crippen molar-refractivity contribution >= 4 is 12.1 Å². The van der Waals surface area contributed by atoms with Crippen LogP contribution >= 0.6 is 0 Å². The summed E-state index contributed by atoms with van der Waals surface area (Å²) in [6, 6.07) is 0.631. The summed E-state index contributed by atoms with van der Waals surface area (Å²) in [7, 11) is 3.59. The van der Waals surface area contributed by atoms with Crippen LogP contribution in [0.1, 0.15) is 66.2 Å². The van der Waals surface area contributed by atoms with Crippen LogP contribution in [0.25, 0.3) is 0 Å². The molecule has 1 amide bonds. The molecule has 0 aliphatic heterocycles. The summed E-state index contributed by atoms with van der Waals surface area (Å²) in [6.45, 7) is 8.44. The van der Waals surface area contributed by atoms with Gasteiger partial charge in [0.2, 0.25) is 0 Å². The van der Waals surface area contributed by atoms with Crippen LogP contribution in [-0.2, 0) is 4.74 Å². The van der Waals surface area contributed by atoms with E-state index in [1.807, 2.05) is 27.7 Å². The highest BCUT2D eigenvalue weighted by Gasteiger charge is 2.22. The van der Waals surface area contributed by atoms with Crippen molar-refractivity contribution in [1.82, 2.24) is 15.5 Å². The minimum atomic E-state index is -0.463. The van der Waals surface area contributed by atoms with E-state index in [1.165, 1.54) is 32.1 Å². The highest BCUT2D eigenvalue weighted by molar-refractivity contribution is 5.79. The third-order valence-electron chi connectivity index (χ3n) is 4.37. The van der Waals surface area contributed by atoms with Crippen LogP contribution in [0.5, 0.6) is 0 Å². The lowest BCUT2D eigenvalue weighted by molar-refractivity contribution is 0.0230. The molecule has 0 heterocycles. The standard InChI is InChI=1S/C18H36N4O2/c1-14(22(6)17(23)24-18(2,3)4)12-13-20-16(19-5)21-15-10-8-7-9-11-15/h14-15H,7-13H2,1-6H3,(H2,19,20,21). The van der Waals surface area contributed by atoms with Gasteiger partial charge >= 0.3 is 6.09 Å². The van der Waals surface area contributed by atoms with Crippen LogP contribution in [0.2, 0.25) is 0 Å². The predicted octanol–water partition coefficient (Wildman–Crippen LogP) is 3.13. The Bertz CT molecular complexity index is 412. The van der Waals surface area contributed by atoms with Crippen molar-refractivity contribution in [3.05, 3.63) is 0 Å². The average molecular weight is 341 g/mol. The van der Waals surface area contributed by atoms with Gasteiger partial charge in [0, 0.05) is 32.7 Å². The molecule has 0 saturated heterocycles. The predicted molar refractivity (Wildman–Crippen MR) is 99.4 cm³/mol. The van der Waals surface area contributed by atoms with E-state index in [2.05, 4.69) is 15.6 Å². The fraction of sp³-hybridized carbons (Fsp3) is 0.889. The minimum absolute atomic E-state index is 0.0973. The van der Waals surface area contributed by atoms with E-state index in [0.717, 1.165) is 18.9 Å². The summed E-state index contributed by atoms with van der Waals surface area (Å²) < 4.78 is 5.40. The Morgan fingerprint density at radius 2 is 1.92 bits per heavy atom. The zero-order valence-electron chi connectivity index (χ0n) is 16.3. The van der Waals surface area contributed by atoms with Crippen molar-refractivity contribution in [2.75, 3.05) is 20.6 Å². The topological polar surface area (TPSA) is 66.0 Å². The van der Waals surface area contributed by atoms with Crippen LogP contribution in [0, 0.1) is 0 Å². The zero-order valence-corrected chi connectivity index (χ0v) is 16.3. The van der Waals surface area contributed by atoms with Gasteiger partial charge in [0.25, 0.3) is 0 Å². The first-order chi connectivity index (χ1) is 11.2. The molecule has 0 aromatic heterocycles. The average Bonchev–Trinajstić information content (AvgIpc) is 2.52. The lowest BCUT2D eigenvalue weighted by Gasteiger charge is -2.29. The molecule has 0 aromatic carbocycles. The Kier molecular flexibility index (Phi) is 8.36. The summed E-state index contributed by atoms with van der Waals surface area (Å²) in [5.74, 6) is 0.856. The van der Waals surface area contributed by atoms with E-state index in [9.17, 15) is 4.79 Å². The molecule has 0 aromatic rings. The summed E-state index contributed by atoms with van der Waals surface area (Å²) >= 11 is 0. The maximum Gasteiger partial charge on any atom is 0.410 e. The number of aliphatic imine (C=N–C) groups is 1. The number of rotatable bonds is 5. The first kappa shape index (κ1) is 20.6. The molecule has 24 heavy (non-hydrogen) atoms. The summed E-state index contributed by atoms with van der Waals surface area (Å²) in [5, 5.41) is 6.85. The van der Waals surface area contributed by atoms with E-state index < -0.39 is 5.60 Å². The van der Waals surface area contributed by atoms with Crippen molar-refractivity contribution in [2.45, 2.75) is 83.9 Å². The Morgan fingerprint density at radius 1 is 1.29 bits per heavy atom. The van der Waals surface area contributed by atoms with Gasteiger partial charge in [0.15, 0.2) is 5.96 Å². The van der Waals surface area contributed by atoms with Crippen LogP contribution in [0.15, 0.2) is 4.99 Å². The van der Waals surface area contributed by atoms with Crippen molar-refractivity contribution in [3.8, 4) is 0 Å². The molecule has 1 fully saturated rings. The largest absolute Gasteiger partial charge is 0.444 e. The van der Waals surface area contributed by atoms with Crippen molar-refractivity contribution in [3.63, 3.8) is 0 Å². The monoisotopic (exact) mass is 340 g/mol. The molecule has 2 N–H and O–H groups in total. The number of hydrogen-bond acceptors (Lipinski definition) is 3. The maximum atomic E-state index is 12.1. The molecule has 140 valence electrons. The quantitative estimate of drug-likeness (QED) is 0.596. The van der Waals surface area contributed by atoms with Gasteiger partial charge in [-0.3, -0.25) is 4.99 Å². The molecule has 0 radical (unpaired) electrons. The van der Waals surface area contributed by atoms with Gasteiger partial charge in [-0.2, -0.15) is 0 Å². The van der Waals surface area contributed by atoms with Gasteiger partial charge in [0.1, 0.15) is 5.60 Å². The molecule has 1 aliphatic carbocycles. The molecule has 1 atom stereocenters. The molecular weight excluding hydrogens is 304 g/mol. The molecule has 1 aliphatic rings. The fourth-order valence-electron chi connectivity index (χ4n) is 2.74. The van der Waals surface area contributed by atoms with Crippen LogP contribution in [0.3, 0.4) is 0 Å². The summed E-state index contributed by atoms with van der Waals surface area (Å²) in [4.78, 5) is 18.0. The molecular formula is C18H36N4O2. The second-order valence-corrected chi connectivity index (χ2v) is 7.71.